The van der Waals surface area contributed by atoms with Crippen molar-refractivity contribution in [3.8, 4) is 0 Å². The molecule has 6 rings (SSSR count). The Kier molecular flexibility index (Phi) is 3.58. The number of rotatable bonds is 5. The highest BCUT2D eigenvalue weighted by atomic mass is 16.1. The molecule has 2 aliphatic rings. The van der Waals surface area contributed by atoms with Crippen LogP contribution < -0.4 is 16.4 Å². The quantitative estimate of drug-likeness (QED) is 0.327. The zero-order valence-electron chi connectivity index (χ0n) is 16.0. The van der Waals surface area contributed by atoms with Crippen molar-refractivity contribution in [1.82, 2.24) is 24.9 Å². The van der Waals surface area contributed by atoms with Crippen molar-refractivity contribution in [2.75, 3.05) is 10.6 Å². The maximum absolute atomic E-state index is 12.1. The molecular formula is C21H20N8O. The van der Waals surface area contributed by atoms with Crippen LogP contribution in [0.1, 0.15) is 6.42 Å². The van der Waals surface area contributed by atoms with Crippen LogP contribution in [-0.4, -0.2) is 36.9 Å². The van der Waals surface area contributed by atoms with E-state index in [0.717, 1.165) is 23.0 Å². The van der Waals surface area contributed by atoms with Crippen LogP contribution in [0, 0.1) is 17.8 Å². The molecule has 1 saturated carbocycles. The van der Waals surface area contributed by atoms with E-state index in [1.807, 2.05) is 30.5 Å². The van der Waals surface area contributed by atoms with Crippen molar-refractivity contribution in [3.63, 3.8) is 0 Å². The van der Waals surface area contributed by atoms with Gasteiger partial charge in [0.05, 0.1) is 12.2 Å². The van der Waals surface area contributed by atoms with E-state index < -0.39 is 0 Å². The Morgan fingerprint density at radius 3 is 2.93 bits per heavy atom. The fraction of sp³-hybridized carbons (Fsp3) is 0.238. The number of nitrogens with zero attached hydrogens (tertiary/aromatic N) is 3. The molecule has 1 aromatic carbocycles. The van der Waals surface area contributed by atoms with Crippen LogP contribution in [0.25, 0.3) is 22.1 Å². The summed E-state index contributed by atoms with van der Waals surface area (Å²) in [5.74, 6) is 0.960. The molecule has 2 aliphatic carbocycles. The predicted molar refractivity (Wildman–Crippen MR) is 114 cm³/mol. The molecule has 6 N–H and O–H groups in total. The number of hydrogen-bond acceptors (Lipinski definition) is 6. The second kappa shape index (κ2) is 6.31. The topological polar surface area (TPSA) is 137 Å². The normalized spacial score (nSPS) is 24.7. The van der Waals surface area contributed by atoms with E-state index in [9.17, 15) is 4.79 Å². The number of nitrogens with one attached hydrogen (secondary N) is 4. The molecule has 3 heterocycles. The Hall–Kier alpha value is -3.88. The molecule has 4 aromatic rings. The monoisotopic (exact) mass is 400 g/mol. The fourth-order valence-corrected chi connectivity index (χ4v) is 4.82. The van der Waals surface area contributed by atoms with Gasteiger partial charge in [-0.2, -0.15) is 9.97 Å². The maximum atomic E-state index is 12.1. The number of hydrogen-bond donors (Lipinski definition) is 5. The van der Waals surface area contributed by atoms with Crippen molar-refractivity contribution < 1.29 is 4.79 Å². The third kappa shape index (κ3) is 2.62. The molecule has 0 saturated heterocycles. The van der Waals surface area contributed by atoms with Gasteiger partial charge in [0.25, 0.3) is 0 Å². The first kappa shape index (κ1) is 17.0. The first-order chi connectivity index (χ1) is 14.7. The van der Waals surface area contributed by atoms with Crippen molar-refractivity contribution in [1.29, 1.82) is 0 Å². The number of aromatic amines is 2. The van der Waals surface area contributed by atoms with Gasteiger partial charge in [-0.25, -0.2) is 4.98 Å². The molecule has 4 atom stereocenters. The summed E-state index contributed by atoms with van der Waals surface area (Å²) in [6.45, 7) is 0. The van der Waals surface area contributed by atoms with Crippen molar-refractivity contribution >= 4 is 45.4 Å². The minimum absolute atomic E-state index is 0.0945. The molecule has 0 unspecified atom stereocenters. The van der Waals surface area contributed by atoms with Gasteiger partial charge >= 0.3 is 0 Å². The summed E-state index contributed by atoms with van der Waals surface area (Å²) in [6.07, 6.45) is 8.70. The van der Waals surface area contributed by atoms with Crippen LogP contribution in [-0.2, 0) is 4.79 Å². The Labute approximate surface area is 171 Å². The van der Waals surface area contributed by atoms with Crippen LogP contribution >= 0.6 is 0 Å². The van der Waals surface area contributed by atoms with Crippen molar-refractivity contribution in [2.24, 2.45) is 23.5 Å². The molecule has 9 heteroatoms. The largest absolute Gasteiger partial charge is 0.369 e. The zero-order valence-corrected chi connectivity index (χ0v) is 16.0. The average Bonchev–Trinajstić information content (AvgIpc) is 3.50. The third-order valence-corrected chi connectivity index (χ3v) is 6.19. The summed E-state index contributed by atoms with van der Waals surface area (Å²) in [5.41, 5.74) is 8.90. The molecule has 0 spiro atoms. The number of carbonyl (C=O) groups is 1. The molecule has 1 amide bonds. The summed E-state index contributed by atoms with van der Waals surface area (Å²) in [6, 6.07) is 7.92. The fourth-order valence-electron chi connectivity index (χ4n) is 4.82. The molecule has 0 aliphatic heterocycles. The van der Waals surface area contributed by atoms with Crippen LogP contribution in [0.3, 0.4) is 0 Å². The number of carbonyl (C=O) groups excluding carboxylic acids is 1. The van der Waals surface area contributed by atoms with Crippen LogP contribution in [0.2, 0.25) is 0 Å². The molecule has 0 radical (unpaired) electrons. The van der Waals surface area contributed by atoms with Gasteiger partial charge in [-0.15, -0.1) is 0 Å². The number of H-pyrrole nitrogens is 2. The van der Waals surface area contributed by atoms with E-state index in [1.54, 1.807) is 6.33 Å². The summed E-state index contributed by atoms with van der Waals surface area (Å²) in [4.78, 5) is 31.9. The molecule has 2 bridgehead atoms. The van der Waals surface area contributed by atoms with E-state index in [1.165, 1.54) is 0 Å². The van der Waals surface area contributed by atoms with E-state index in [4.69, 9.17) is 5.73 Å². The van der Waals surface area contributed by atoms with Gasteiger partial charge in [-0.3, -0.25) is 4.79 Å². The molecule has 1 fully saturated rings. The number of imidazole rings is 1. The number of allylic oxidation sites excluding steroid dienone is 1. The minimum atomic E-state index is -0.280. The van der Waals surface area contributed by atoms with E-state index >= 15 is 0 Å². The lowest BCUT2D eigenvalue weighted by molar-refractivity contribution is -0.122. The highest BCUT2D eigenvalue weighted by Gasteiger charge is 2.47. The number of fused-ring (bicyclic) bond motifs is 4. The highest BCUT2D eigenvalue weighted by Crippen LogP contribution is 2.45. The maximum Gasteiger partial charge on any atom is 0.231 e. The smallest absolute Gasteiger partial charge is 0.231 e. The lowest BCUT2D eigenvalue weighted by Gasteiger charge is -2.27. The number of nitrogens with two attached hydrogens (primary N) is 1. The summed E-state index contributed by atoms with van der Waals surface area (Å²) in [5, 5.41) is 7.83. The summed E-state index contributed by atoms with van der Waals surface area (Å²) in [7, 11) is 0. The second-order valence-electron chi connectivity index (χ2n) is 7.95. The number of anilines is 3. The highest BCUT2D eigenvalue weighted by molar-refractivity contribution is 5.87. The molecule has 9 nitrogen and oxygen atoms in total. The number of benzene rings is 1. The first-order valence-corrected chi connectivity index (χ1v) is 9.95. The van der Waals surface area contributed by atoms with E-state index in [2.05, 4.69) is 47.7 Å². The van der Waals surface area contributed by atoms with Crippen molar-refractivity contribution in [2.45, 2.75) is 12.5 Å². The summed E-state index contributed by atoms with van der Waals surface area (Å²) >= 11 is 0. The van der Waals surface area contributed by atoms with Gasteiger partial charge in [0, 0.05) is 28.8 Å². The van der Waals surface area contributed by atoms with Gasteiger partial charge in [0.15, 0.2) is 11.5 Å². The van der Waals surface area contributed by atoms with Gasteiger partial charge in [-0.1, -0.05) is 12.2 Å². The second-order valence-corrected chi connectivity index (χ2v) is 7.95. The number of primary amides is 1. The zero-order chi connectivity index (χ0) is 20.2. The Bertz CT molecular complexity index is 1300. The molecule has 30 heavy (non-hydrogen) atoms. The standard InChI is InChI=1S/C21H20N8O/c22-18(30)15-11-1-2-12(7-11)16(15)27-20-17-19(25-9-24-17)28-21(29-20)26-13-3-4-14-10(8-13)5-6-23-14/h1-6,8-9,11-12,15-16,23H,7H2,(H2,22,30)(H3,24,25,26,27,28,29)/t11-,12-,15-,16+/m0/s1. The molecule has 150 valence electrons. The Morgan fingerprint density at radius 1 is 1.13 bits per heavy atom. The van der Waals surface area contributed by atoms with Crippen LogP contribution in [0.5, 0.6) is 0 Å². The number of amides is 1. The van der Waals surface area contributed by atoms with E-state index in [-0.39, 0.29) is 29.7 Å². The lowest BCUT2D eigenvalue weighted by Crippen LogP contribution is -2.41. The molecule has 3 aromatic heterocycles. The Morgan fingerprint density at radius 2 is 2.03 bits per heavy atom. The number of aromatic nitrogens is 5. The predicted octanol–water partition coefficient (Wildman–Crippen LogP) is 2.67. The van der Waals surface area contributed by atoms with Crippen LogP contribution in [0.15, 0.2) is 48.9 Å². The minimum Gasteiger partial charge on any atom is -0.369 e. The summed E-state index contributed by atoms with van der Waals surface area (Å²) < 4.78 is 0. The van der Waals surface area contributed by atoms with Gasteiger partial charge in [-0.05, 0) is 42.5 Å². The first-order valence-electron chi connectivity index (χ1n) is 9.95. The van der Waals surface area contributed by atoms with Gasteiger partial charge < -0.3 is 26.3 Å². The van der Waals surface area contributed by atoms with Crippen LogP contribution in [0.4, 0.5) is 17.5 Å². The van der Waals surface area contributed by atoms with E-state index in [0.29, 0.717) is 22.9 Å². The van der Waals surface area contributed by atoms with Gasteiger partial charge in [0.1, 0.15) is 5.52 Å². The Balaban J connectivity index is 1.35. The lowest BCUT2D eigenvalue weighted by atomic mass is 9.88. The van der Waals surface area contributed by atoms with Gasteiger partial charge in [0.2, 0.25) is 11.9 Å². The molecular weight excluding hydrogens is 380 g/mol. The average molecular weight is 400 g/mol. The SMILES string of the molecule is NC(=O)[C@@H]1[C@H](Nc2nc(Nc3ccc4[nH]ccc4c3)nc3nc[nH]c23)[C@H]2C=C[C@H]1C2. The van der Waals surface area contributed by atoms with Crippen molar-refractivity contribution in [3.05, 3.63) is 48.9 Å². The third-order valence-electron chi connectivity index (χ3n) is 6.19.